The van der Waals surface area contributed by atoms with Crippen molar-refractivity contribution in [3.8, 4) is 11.1 Å². The van der Waals surface area contributed by atoms with Crippen molar-refractivity contribution >= 4 is 21.8 Å². The third-order valence-electron chi connectivity index (χ3n) is 4.90. The molecule has 7 nitrogen and oxygen atoms in total. The number of nitrogens with one attached hydrogen (secondary N) is 1. The highest BCUT2D eigenvalue weighted by Crippen LogP contribution is 2.26. The lowest BCUT2D eigenvalue weighted by Crippen LogP contribution is -2.27. The van der Waals surface area contributed by atoms with Crippen LogP contribution in [-0.2, 0) is 27.8 Å². The van der Waals surface area contributed by atoms with Crippen molar-refractivity contribution in [1.29, 1.82) is 5.41 Å². The predicted octanol–water partition coefficient (Wildman–Crippen LogP) is 2.49. The average molecular weight is 437 g/mol. The van der Waals surface area contributed by atoms with Gasteiger partial charge >= 0.3 is 0 Å². The van der Waals surface area contributed by atoms with Crippen LogP contribution in [0.4, 0.5) is 0 Å². The summed E-state index contributed by atoms with van der Waals surface area (Å²) in [5.41, 5.74) is 9.07. The molecule has 0 saturated heterocycles. The van der Waals surface area contributed by atoms with E-state index in [1.165, 1.54) is 6.07 Å². The smallest absolute Gasteiger partial charge is 0.238 e. The third kappa shape index (κ3) is 5.56. The molecule has 31 heavy (non-hydrogen) atoms. The summed E-state index contributed by atoms with van der Waals surface area (Å²) >= 11 is 0. The second-order valence-corrected chi connectivity index (χ2v) is 8.81. The van der Waals surface area contributed by atoms with Crippen LogP contribution in [0.15, 0.2) is 77.7 Å². The van der Waals surface area contributed by atoms with Gasteiger partial charge in [-0.3, -0.25) is 10.2 Å². The van der Waals surface area contributed by atoms with Gasteiger partial charge in [0.15, 0.2) is 0 Å². The molecule has 1 amide bonds. The number of carbonyl (C=O) groups is 1. The van der Waals surface area contributed by atoms with Crippen LogP contribution in [0.25, 0.3) is 11.1 Å². The summed E-state index contributed by atoms with van der Waals surface area (Å²) in [6.07, 6.45) is 0.208. The van der Waals surface area contributed by atoms with Gasteiger partial charge in [0.05, 0.1) is 11.3 Å². The molecular weight excluding hydrogens is 412 g/mol. The van der Waals surface area contributed by atoms with Crippen molar-refractivity contribution in [3.05, 3.63) is 89.5 Å². The Morgan fingerprint density at radius 2 is 1.65 bits per heavy atom. The highest BCUT2D eigenvalue weighted by Gasteiger charge is 2.15. The van der Waals surface area contributed by atoms with E-state index in [9.17, 15) is 13.2 Å². The minimum absolute atomic E-state index is 0.0140. The van der Waals surface area contributed by atoms with Gasteiger partial charge in [0.1, 0.15) is 5.84 Å². The van der Waals surface area contributed by atoms with Gasteiger partial charge in [-0.1, -0.05) is 60.7 Å². The van der Waals surface area contributed by atoms with Crippen molar-refractivity contribution < 1.29 is 13.2 Å². The fourth-order valence-corrected chi connectivity index (χ4v) is 4.02. The quantitative estimate of drug-likeness (QED) is 0.388. The summed E-state index contributed by atoms with van der Waals surface area (Å²) in [5.74, 6) is -0.0779. The molecule has 0 aliphatic carbocycles. The lowest BCUT2D eigenvalue weighted by Gasteiger charge is -2.18. The summed E-state index contributed by atoms with van der Waals surface area (Å²) in [6, 6.07) is 20.9. The standard InChI is InChI=1S/C23H24N4O3S/c1-27(15-17-5-4-6-19(13-17)23(24)25)22(28)14-16-9-11-18(12-10-16)20-7-2-3-8-21(20)31(26,29)30/h2-13H,14-15H2,1H3,(H3,24,25)(H2,26,29,30). The molecule has 5 N–H and O–H groups in total. The maximum Gasteiger partial charge on any atom is 0.238 e. The first-order valence-electron chi connectivity index (χ1n) is 9.53. The fourth-order valence-electron chi connectivity index (χ4n) is 3.26. The van der Waals surface area contributed by atoms with Crippen LogP contribution in [0.3, 0.4) is 0 Å². The highest BCUT2D eigenvalue weighted by molar-refractivity contribution is 7.89. The van der Waals surface area contributed by atoms with Crippen molar-refractivity contribution in [2.24, 2.45) is 10.9 Å². The molecule has 0 spiro atoms. The molecule has 0 fully saturated rings. The fraction of sp³-hybridized carbons (Fsp3) is 0.130. The second-order valence-electron chi connectivity index (χ2n) is 7.28. The summed E-state index contributed by atoms with van der Waals surface area (Å²) in [7, 11) is -2.12. The molecule has 0 radical (unpaired) electrons. The van der Waals surface area contributed by atoms with Crippen LogP contribution in [0.2, 0.25) is 0 Å². The van der Waals surface area contributed by atoms with Gasteiger partial charge in [0.25, 0.3) is 0 Å². The lowest BCUT2D eigenvalue weighted by atomic mass is 10.0. The Bertz CT molecular complexity index is 1220. The first-order valence-corrected chi connectivity index (χ1v) is 11.1. The first-order chi connectivity index (χ1) is 14.6. The molecular formula is C23H24N4O3S. The molecule has 0 saturated carbocycles. The summed E-state index contributed by atoms with van der Waals surface area (Å²) in [5, 5.41) is 12.8. The van der Waals surface area contributed by atoms with Gasteiger partial charge in [-0.2, -0.15) is 0 Å². The van der Waals surface area contributed by atoms with E-state index in [0.29, 0.717) is 23.2 Å². The minimum atomic E-state index is -3.84. The van der Waals surface area contributed by atoms with Gasteiger partial charge < -0.3 is 10.6 Å². The number of amidine groups is 1. The van der Waals surface area contributed by atoms with Gasteiger partial charge in [-0.25, -0.2) is 13.6 Å². The van der Waals surface area contributed by atoms with Crippen molar-refractivity contribution in [2.45, 2.75) is 17.9 Å². The molecule has 0 bridgehead atoms. The van der Waals surface area contributed by atoms with Crippen LogP contribution in [0.1, 0.15) is 16.7 Å². The molecule has 0 atom stereocenters. The Hall–Kier alpha value is -3.49. The number of hydrogen-bond acceptors (Lipinski definition) is 4. The number of nitrogen functional groups attached to an aromatic ring is 1. The Labute approximate surface area is 181 Å². The number of likely N-dealkylation sites (N-methyl/N-ethyl adjacent to an activating group) is 1. The van der Waals surface area contributed by atoms with E-state index in [4.69, 9.17) is 16.3 Å². The number of nitrogens with two attached hydrogens (primary N) is 2. The molecule has 0 aromatic heterocycles. The van der Waals surface area contributed by atoms with Crippen LogP contribution in [-0.4, -0.2) is 32.1 Å². The van der Waals surface area contributed by atoms with Crippen LogP contribution in [0.5, 0.6) is 0 Å². The zero-order chi connectivity index (χ0) is 22.6. The zero-order valence-electron chi connectivity index (χ0n) is 17.1. The second kappa shape index (κ2) is 9.11. The molecule has 0 aliphatic rings. The van der Waals surface area contributed by atoms with Gasteiger partial charge in [0, 0.05) is 24.7 Å². The monoisotopic (exact) mass is 436 g/mol. The maximum absolute atomic E-state index is 12.6. The van der Waals surface area contributed by atoms with E-state index in [1.807, 2.05) is 12.1 Å². The molecule has 3 aromatic rings. The zero-order valence-corrected chi connectivity index (χ0v) is 17.9. The van der Waals surface area contributed by atoms with E-state index in [-0.39, 0.29) is 23.1 Å². The topological polar surface area (TPSA) is 130 Å². The molecule has 8 heteroatoms. The van der Waals surface area contributed by atoms with E-state index in [0.717, 1.165) is 11.1 Å². The van der Waals surface area contributed by atoms with Crippen molar-refractivity contribution in [1.82, 2.24) is 4.90 Å². The van der Waals surface area contributed by atoms with E-state index >= 15 is 0 Å². The van der Waals surface area contributed by atoms with E-state index in [2.05, 4.69) is 0 Å². The molecule has 0 aliphatic heterocycles. The Morgan fingerprint density at radius 1 is 0.968 bits per heavy atom. The van der Waals surface area contributed by atoms with Gasteiger partial charge in [0.2, 0.25) is 15.9 Å². The first kappa shape index (κ1) is 22.2. The maximum atomic E-state index is 12.6. The van der Waals surface area contributed by atoms with Gasteiger partial charge in [-0.15, -0.1) is 0 Å². The average Bonchev–Trinajstić information content (AvgIpc) is 2.74. The SMILES string of the molecule is CN(Cc1cccc(C(=N)N)c1)C(=O)Cc1ccc(-c2ccccc2S(N)(=O)=O)cc1. The lowest BCUT2D eigenvalue weighted by molar-refractivity contribution is -0.129. The summed E-state index contributed by atoms with van der Waals surface area (Å²) < 4.78 is 23.7. The molecule has 0 heterocycles. The van der Waals surface area contributed by atoms with Gasteiger partial charge in [-0.05, 0) is 28.8 Å². The number of benzene rings is 3. The number of rotatable bonds is 7. The van der Waals surface area contributed by atoms with Crippen LogP contribution >= 0.6 is 0 Å². The van der Waals surface area contributed by atoms with Crippen LogP contribution < -0.4 is 10.9 Å². The van der Waals surface area contributed by atoms with Crippen LogP contribution in [0, 0.1) is 5.41 Å². The third-order valence-corrected chi connectivity index (χ3v) is 5.87. The number of sulfonamides is 1. The van der Waals surface area contributed by atoms with Crippen molar-refractivity contribution in [3.63, 3.8) is 0 Å². The Kier molecular flexibility index (Phi) is 6.53. The molecule has 3 aromatic carbocycles. The molecule has 160 valence electrons. The number of nitrogens with zero attached hydrogens (tertiary/aromatic N) is 1. The van der Waals surface area contributed by atoms with E-state index in [1.54, 1.807) is 66.5 Å². The number of primary sulfonamides is 1. The minimum Gasteiger partial charge on any atom is -0.384 e. The van der Waals surface area contributed by atoms with E-state index < -0.39 is 10.0 Å². The van der Waals surface area contributed by atoms with Crippen molar-refractivity contribution in [2.75, 3.05) is 7.05 Å². The number of amides is 1. The summed E-state index contributed by atoms with van der Waals surface area (Å²) in [6.45, 7) is 0.403. The number of hydrogen-bond donors (Lipinski definition) is 3. The Balaban J connectivity index is 1.71. The normalized spacial score (nSPS) is 11.2. The highest BCUT2D eigenvalue weighted by atomic mass is 32.2. The summed E-state index contributed by atoms with van der Waals surface area (Å²) in [4.78, 5) is 14.3. The largest absolute Gasteiger partial charge is 0.384 e. The molecule has 0 unspecified atom stereocenters. The predicted molar refractivity (Wildman–Crippen MR) is 121 cm³/mol. The molecule has 3 rings (SSSR count). The number of carbonyl (C=O) groups excluding carboxylic acids is 1. The Morgan fingerprint density at radius 3 is 2.29 bits per heavy atom.